The normalized spacial score (nSPS) is 15.0. The first-order valence-electron chi connectivity index (χ1n) is 12.0. The van der Waals surface area contributed by atoms with Gasteiger partial charge < -0.3 is 20.3 Å². The van der Waals surface area contributed by atoms with E-state index in [0.29, 0.717) is 49.4 Å². The number of nitrogens with zero attached hydrogens (tertiary/aromatic N) is 1. The Balaban J connectivity index is 1.55. The molecule has 34 heavy (non-hydrogen) atoms. The molecule has 0 spiro atoms. The maximum Gasteiger partial charge on any atom is 0.251 e. The molecule has 182 valence electrons. The second kappa shape index (κ2) is 11.7. The molecule has 2 aromatic carbocycles. The van der Waals surface area contributed by atoms with Crippen molar-refractivity contribution in [3.8, 4) is 5.75 Å². The van der Waals surface area contributed by atoms with Crippen LogP contribution in [0.25, 0.3) is 0 Å². The SMILES string of the molecule is CCOc1ccc(C(=O)NC(C(=O)N2CCC(NC(=O)c3ccccc3C)CC2)C(C)C)cc1. The predicted molar refractivity (Wildman–Crippen MR) is 132 cm³/mol. The lowest BCUT2D eigenvalue weighted by molar-refractivity contribution is -0.135. The van der Waals surface area contributed by atoms with Crippen LogP contribution in [0.1, 0.15) is 59.9 Å². The highest BCUT2D eigenvalue weighted by Crippen LogP contribution is 2.17. The first-order valence-corrected chi connectivity index (χ1v) is 12.0. The standard InChI is InChI=1S/C27H35N3O4/c1-5-34-22-12-10-20(11-13-22)25(31)29-24(18(2)3)27(33)30-16-14-21(15-17-30)28-26(32)23-9-7-6-8-19(23)4/h6-13,18,21,24H,5,14-17H2,1-4H3,(H,28,32)(H,29,31). The van der Waals surface area contributed by atoms with E-state index in [1.807, 2.05) is 52.0 Å². The minimum atomic E-state index is -0.614. The number of nitrogens with one attached hydrogen (secondary N) is 2. The quantitative estimate of drug-likeness (QED) is 0.624. The van der Waals surface area contributed by atoms with Gasteiger partial charge >= 0.3 is 0 Å². The lowest BCUT2D eigenvalue weighted by Gasteiger charge is -2.35. The van der Waals surface area contributed by atoms with Gasteiger partial charge in [-0.1, -0.05) is 32.0 Å². The third-order valence-corrected chi connectivity index (χ3v) is 6.18. The molecule has 7 heteroatoms. The Morgan fingerprint density at radius 1 is 1.00 bits per heavy atom. The van der Waals surface area contributed by atoms with E-state index in [-0.39, 0.29) is 29.7 Å². The number of carbonyl (C=O) groups is 3. The minimum Gasteiger partial charge on any atom is -0.494 e. The van der Waals surface area contributed by atoms with Crippen LogP contribution in [0.2, 0.25) is 0 Å². The van der Waals surface area contributed by atoms with Gasteiger partial charge in [0, 0.05) is 30.3 Å². The number of likely N-dealkylation sites (tertiary alicyclic amines) is 1. The van der Waals surface area contributed by atoms with Crippen LogP contribution in [0.3, 0.4) is 0 Å². The number of piperidine rings is 1. The number of ether oxygens (including phenoxy) is 1. The van der Waals surface area contributed by atoms with Gasteiger partial charge in [-0.2, -0.15) is 0 Å². The zero-order valence-corrected chi connectivity index (χ0v) is 20.5. The van der Waals surface area contributed by atoms with E-state index in [0.717, 1.165) is 5.56 Å². The number of rotatable bonds is 8. The van der Waals surface area contributed by atoms with Crippen molar-refractivity contribution in [3.05, 3.63) is 65.2 Å². The molecule has 1 heterocycles. The molecule has 1 atom stereocenters. The van der Waals surface area contributed by atoms with Crippen molar-refractivity contribution in [2.45, 2.75) is 52.6 Å². The molecule has 1 fully saturated rings. The molecule has 0 aromatic heterocycles. The van der Waals surface area contributed by atoms with Crippen molar-refractivity contribution in [1.82, 2.24) is 15.5 Å². The molecule has 1 saturated heterocycles. The van der Waals surface area contributed by atoms with Gasteiger partial charge in [0.1, 0.15) is 11.8 Å². The van der Waals surface area contributed by atoms with Crippen LogP contribution >= 0.6 is 0 Å². The summed E-state index contributed by atoms with van der Waals surface area (Å²) in [5, 5.41) is 6.01. The Morgan fingerprint density at radius 3 is 2.24 bits per heavy atom. The topological polar surface area (TPSA) is 87.7 Å². The Bertz CT molecular complexity index is 995. The molecular weight excluding hydrogens is 430 g/mol. The number of hydrogen-bond acceptors (Lipinski definition) is 4. The Hall–Kier alpha value is -3.35. The van der Waals surface area contributed by atoms with Gasteiger partial charge in [0.25, 0.3) is 11.8 Å². The van der Waals surface area contributed by atoms with Gasteiger partial charge in [-0.05, 0) is 68.5 Å². The monoisotopic (exact) mass is 465 g/mol. The van der Waals surface area contributed by atoms with E-state index in [1.165, 1.54) is 0 Å². The maximum absolute atomic E-state index is 13.2. The van der Waals surface area contributed by atoms with Crippen LogP contribution in [-0.2, 0) is 4.79 Å². The summed E-state index contributed by atoms with van der Waals surface area (Å²) in [7, 11) is 0. The van der Waals surface area contributed by atoms with Crippen LogP contribution in [0, 0.1) is 12.8 Å². The molecule has 7 nitrogen and oxygen atoms in total. The van der Waals surface area contributed by atoms with Gasteiger partial charge in [0.05, 0.1) is 6.61 Å². The number of carbonyl (C=O) groups excluding carboxylic acids is 3. The maximum atomic E-state index is 13.2. The largest absolute Gasteiger partial charge is 0.494 e. The fourth-order valence-corrected chi connectivity index (χ4v) is 4.14. The number of aryl methyl sites for hydroxylation is 1. The highest BCUT2D eigenvalue weighted by atomic mass is 16.5. The van der Waals surface area contributed by atoms with Gasteiger partial charge in [-0.3, -0.25) is 14.4 Å². The van der Waals surface area contributed by atoms with Crippen LogP contribution in [0.5, 0.6) is 5.75 Å². The van der Waals surface area contributed by atoms with Gasteiger partial charge in [-0.25, -0.2) is 0 Å². The van der Waals surface area contributed by atoms with Crippen molar-refractivity contribution in [3.63, 3.8) is 0 Å². The number of benzene rings is 2. The van der Waals surface area contributed by atoms with Crippen LogP contribution in [0.4, 0.5) is 0 Å². The number of hydrogen-bond donors (Lipinski definition) is 2. The average molecular weight is 466 g/mol. The Labute approximate surface area is 201 Å². The minimum absolute atomic E-state index is 0.0205. The van der Waals surface area contributed by atoms with E-state index in [1.54, 1.807) is 29.2 Å². The highest BCUT2D eigenvalue weighted by Gasteiger charge is 2.32. The summed E-state index contributed by atoms with van der Waals surface area (Å²) in [4.78, 5) is 40.4. The smallest absolute Gasteiger partial charge is 0.251 e. The second-order valence-electron chi connectivity index (χ2n) is 9.04. The van der Waals surface area contributed by atoms with Gasteiger partial charge in [0.15, 0.2) is 0 Å². The fraction of sp³-hybridized carbons (Fsp3) is 0.444. The summed E-state index contributed by atoms with van der Waals surface area (Å²) in [6.45, 7) is 9.32. The predicted octanol–water partition coefficient (Wildman–Crippen LogP) is 3.57. The summed E-state index contributed by atoms with van der Waals surface area (Å²) in [5.74, 6) is 0.199. The summed E-state index contributed by atoms with van der Waals surface area (Å²) in [6.07, 6.45) is 1.36. The van der Waals surface area contributed by atoms with E-state index >= 15 is 0 Å². The molecule has 1 unspecified atom stereocenters. The van der Waals surface area contributed by atoms with E-state index < -0.39 is 6.04 Å². The van der Waals surface area contributed by atoms with Crippen molar-refractivity contribution in [1.29, 1.82) is 0 Å². The van der Waals surface area contributed by atoms with Gasteiger partial charge in [-0.15, -0.1) is 0 Å². The van der Waals surface area contributed by atoms with Gasteiger partial charge in [0.2, 0.25) is 5.91 Å². The summed E-state index contributed by atoms with van der Waals surface area (Å²) in [6, 6.07) is 13.8. The summed E-state index contributed by atoms with van der Waals surface area (Å²) >= 11 is 0. The summed E-state index contributed by atoms with van der Waals surface area (Å²) < 4.78 is 5.42. The molecule has 3 rings (SSSR count). The van der Waals surface area contributed by atoms with Crippen molar-refractivity contribution in [2.75, 3.05) is 19.7 Å². The molecule has 0 bridgehead atoms. The number of amides is 3. The van der Waals surface area contributed by atoms with E-state index in [9.17, 15) is 14.4 Å². The molecule has 0 aliphatic carbocycles. The van der Waals surface area contributed by atoms with Crippen LogP contribution in [0.15, 0.2) is 48.5 Å². The molecule has 2 aromatic rings. The van der Waals surface area contributed by atoms with Crippen LogP contribution < -0.4 is 15.4 Å². The van der Waals surface area contributed by atoms with Crippen molar-refractivity contribution in [2.24, 2.45) is 5.92 Å². The first-order chi connectivity index (χ1) is 16.3. The average Bonchev–Trinajstić information content (AvgIpc) is 2.83. The van der Waals surface area contributed by atoms with Crippen molar-refractivity contribution >= 4 is 17.7 Å². The molecule has 3 amide bonds. The molecule has 1 aliphatic heterocycles. The zero-order valence-electron chi connectivity index (χ0n) is 20.5. The van der Waals surface area contributed by atoms with E-state index in [2.05, 4.69) is 10.6 Å². The molecule has 1 aliphatic rings. The lowest BCUT2D eigenvalue weighted by Crippen LogP contribution is -2.54. The fourth-order valence-electron chi connectivity index (χ4n) is 4.14. The van der Waals surface area contributed by atoms with E-state index in [4.69, 9.17) is 4.74 Å². The molecule has 0 saturated carbocycles. The second-order valence-corrected chi connectivity index (χ2v) is 9.04. The highest BCUT2D eigenvalue weighted by molar-refractivity contribution is 5.98. The molecular formula is C27H35N3O4. The third kappa shape index (κ3) is 6.37. The van der Waals surface area contributed by atoms with Crippen LogP contribution in [-0.4, -0.2) is 54.4 Å². The van der Waals surface area contributed by atoms with Crippen molar-refractivity contribution < 1.29 is 19.1 Å². The Kier molecular flexibility index (Phi) is 8.68. The molecule has 2 N–H and O–H groups in total. The molecule has 0 radical (unpaired) electrons. The third-order valence-electron chi connectivity index (χ3n) is 6.18. The lowest BCUT2D eigenvalue weighted by atomic mass is 9.98. The first kappa shape index (κ1) is 25.3. The summed E-state index contributed by atoms with van der Waals surface area (Å²) in [5.41, 5.74) is 2.10. The zero-order chi connectivity index (χ0) is 24.7. The Morgan fingerprint density at radius 2 is 1.65 bits per heavy atom.